The summed E-state index contributed by atoms with van der Waals surface area (Å²) in [5.41, 5.74) is 1.50. The highest BCUT2D eigenvalue weighted by Crippen LogP contribution is 2.20. The summed E-state index contributed by atoms with van der Waals surface area (Å²) in [5.74, 6) is 0.610. The molecule has 19 heavy (non-hydrogen) atoms. The molecule has 0 aliphatic carbocycles. The normalized spacial score (nSPS) is 10.4. The lowest BCUT2D eigenvalue weighted by atomic mass is 10.1. The molecule has 0 aliphatic rings. The Morgan fingerprint density at radius 2 is 2.00 bits per heavy atom. The zero-order valence-corrected chi connectivity index (χ0v) is 11.9. The summed E-state index contributed by atoms with van der Waals surface area (Å²) >= 11 is 0. The molecule has 1 amide bonds. The van der Waals surface area contributed by atoms with E-state index in [9.17, 15) is 9.59 Å². The molecule has 1 N–H and O–H groups in total. The number of carbonyl (C=O) groups excluding carboxylic acids is 2. The Balaban J connectivity index is 2.62. The minimum Gasteiger partial charge on any atom is -0.483 e. The number of benzene rings is 1. The van der Waals surface area contributed by atoms with Gasteiger partial charge < -0.3 is 10.1 Å². The Labute approximate surface area is 114 Å². The van der Waals surface area contributed by atoms with E-state index in [0.717, 1.165) is 5.56 Å². The van der Waals surface area contributed by atoms with Crippen molar-refractivity contribution in [1.82, 2.24) is 5.32 Å². The number of nitrogens with one attached hydrogen (secondary N) is 1. The van der Waals surface area contributed by atoms with E-state index >= 15 is 0 Å². The standard InChI is InChI=1S/C15H21NO3/c1-10(2)8-16-15(18)9-19-14-6-5-11(3)7-13(14)12(4)17/h5-7,10H,8-9H2,1-4H3,(H,16,18). The molecule has 1 aromatic rings. The van der Waals surface area contributed by atoms with E-state index in [2.05, 4.69) is 5.32 Å². The van der Waals surface area contributed by atoms with E-state index in [1.807, 2.05) is 26.8 Å². The average molecular weight is 263 g/mol. The van der Waals surface area contributed by atoms with E-state index in [1.54, 1.807) is 12.1 Å². The molecule has 0 saturated heterocycles. The molecule has 104 valence electrons. The van der Waals surface area contributed by atoms with Crippen molar-refractivity contribution in [2.75, 3.05) is 13.2 Å². The van der Waals surface area contributed by atoms with Crippen LogP contribution in [0.2, 0.25) is 0 Å². The fourth-order valence-corrected chi connectivity index (χ4v) is 1.56. The van der Waals surface area contributed by atoms with Crippen LogP contribution >= 0.6 is 0 Å². The van der Waals surface area contributed by atoms with Crippen LogP contribution < -0.4 is 10.1 Å². The summed E-state index contributed by atoms with van der Waals surface area (Å²) in [6.45, 7) is 7.99. The van der Waals surface area contributed by atoms with E-state index < -0.39 is 0 Å². The van der Waals surface area contributed by atoms with Crippen LogP contribution in [-0.2, 0) is 4.79 Å². The number of aryl methyl sites for hydroxylation is 1. The van der Waals surface area contributed by atoms with Gasteiger partial charge in [0.1, 0.15) is 5.75 Å². The third-order valence-electron chi connectivity index (χ3n) is 2.58. The average Bonchev–Trinajstić information content (AvgIpc) is 2.34. The molecular formula is C15H21NO3. The number of carbonyl (C=O) groups is 2. The van der Waals surface area contributed by atoms with Gasteiger partial charge in [-0.15, -0.1) is 0 Å². The Kier molecular flexibility index (Phi) is 5.55. The molecule has 0 bridgehead atoms. The van der Waals surface area contributed by atoms with Crippen LogP contribution in [0.5, 0.6) is 5.75 Å². The number of hydrogen-bond acceptors (Lipinski definition) is 3. The predicted octanol–water partition coefficient (Wildman–Crippen LogP) is 2.35. The molecule has 0 fully saturated rings. The van der Waals surface area contributed by atoms with Crippen molar-refractivity contribution < 1.29 is 14.3 Å². The van der Waals surface area contributed by atoms with E-state index in [1.165, 1.54) is 6.92 Å². The monoisotopic (exact) mass is 263 g/mol. The molecule has 1 rings (SSSR count). The number of Topliss-reactive ketones (excluding diaryl/α,β-unsaturated/α-hetero) is 1. The van der Waals surface area contributed by atoms with Crippen molar-refractivity contribution in [1.29, 1.82) is 0 Å². The molecule has 0 atom stereocenters. The Morgan fingerprint density at radius 1 is 1.32 bits per heavy atom. The molecule has 0 radical (unpaired) electrons. The maximum Gasteiger partial charge on any atom is 0.257 e. The minimum absolute atomic E-state index is 0.0683. The molecule has 0 aromatic heterocycles. The summed E-state index contributed by atoms with van der Waals surface area (Å²) in [6, 6.07) is 5.35. The first-order valence-electron chi connectivity index (χ1n) is 6.41. The van der Waals surface area contributed by atoms with Gasteiger partial charge >= 0.3 is 0 Å². The molecule has 4 nitrogen and oxygen atoms in total. The van der Waals surface area contributed by atoms with Crippen molar-refractivity contribution in [3.05, 3.63) is 29.3 Å². The van der Waals surface area contributed by atoms with Gasteiger partial charge in [0.2, 0.25) is 0 Å². The van der Waals surface area contributed by atoms with E-state index in [0.29, 0.717) is 23.8 Å². The maximum atomic E-state index is 11.5. The van der Waals surface area contributed by atoms with Gasteiger partial charge in [0.05, 0.1) is 5.56 Å². The number of ether oxygens (including phenoxy) is 1. The quantitative estimate of drug-likeness (QED) is 0.801. The van der Waals surface area contributed by atoms with Crippen molar-refractivity contribution in [2.24, 2.45) is 5.92 Å². The van der Waals surface area contributed by atoms with E-state index in [-0.39, 0.29) is 18.3 Å². The summed E-state index contributed by atoms with van der Waals surface area (Å²) < 4.78 is 5.41. The lowest BCUT2D eigenvalue weighted by Crippen LogP contribution is -2.31. The molecule has 0 heterocycles. The van der Waals surface area contributed by atoms with Crippen molar-refractivity contribution in [3.8, 4) is 5.75 Å². The molecule has 4 heteroatoms. The first-order chi connectivity index (χ1) is 8.90. The fourth-order valence-electron chi connectivity index (χ4n) is 1.56. The Hall–Kier alpha value is -1.84. The molecule has 1 aromatic carbocycles. The van der Waals surface area contributed by atoms with Gasteiger partial charge in [-0.2, -0.15) is 0 Å². The van der Waals surface area contributed by atoms with Crippen LogP contribution in [0, 0.1) is 12.8 Å². The fraction of sp³-hybridized carbons (Fsp3) is 0.467. The summed E-state index contributed by atoms with van der Waals surface area (Å²) in [5, 5.41) is 2.76. The van der Waals surface area contributed by atoms with Crippen LogP contribution in [-0.4, -0.2) is 24.8 Å². The van der Waals surface area contributed by atoms with E-state index in [4.69, 9.17) is 4.74 Å². The summed E-state index contributed by atoms with van der Waals surface area (Å²) in [4.78, 5) is 23.0. The smallest absolute Gasteiger partial charge is 0.257 e. The second-order valence-corrected chi connectivity index (χ2v) is 5.04. The molecule has 0 aliphatic heterocycles. The van der Waals surface area contributed by atoms with Crippen LogP contribution in [0.1, 0.15) is 36.7 Å². The topological polar surface area (TPSA) is 55.4 Å². The highest BCUT2D eigenvalue weighted by molar-refractivity contribution is 5.97. The van der Waals surface area contributed by atoms with Crippen molar-refractivity contribution >= 4 is 11.7 Å². The lowest BCUT2D eigenvalue weighted by Gasteiger charge is -2.11. The molecule has 0 spiro atoms. The zero-order chi connectivity index (χ0) is 14.4. The van der Waals surface area contributed by atoms with Gasteiger partial charge in [-0.1, -0.05) is 25.5 Å². The summed E-state index contributed by atoms with van der Waals surface area (Å²) in [6.07, 6.45) is 0. The number of amides is 1. The third kappa shape index (κ3) is 5.12. The van der Waals surface area contributed by atoms with Gasteiger partial charge in [0.15, 0.2) is 12.4 Å². The Bertz CT molecular complexity index is 466. The predicted molar refractivity (Wildman–Crippen MR) is 74.5 cm³/mol. The summed E-state index contributed by atoms with van der Waals surface area (Å²) in [7, 11) is 0. The number of hydrogen-bond donors (Lipinski definition) is 1. The van der Waals surface area contributed by atoms with Crippen LogP contribution in [0.25, 0.3) is 0 Å². The second kappa shape index (κ2) is 6.92. The van der Waals surface area contributed by atoms with Gasteiger partial charge in [-0.3, -0.25) is 9.59 Å². The van der Waals surface area contributed by atoms with Gasteiger partial charge in [0.25, 0.3) is 5.91 Å². The first kappa shape index (κ1) is 15.2. The highest BCUT2D eigenvalue weighted by Gasteiger charge is 2.10. The number of ketones is 1. The first-order valence-corrected chi connectivity index (χ1v) is 6.41. The lowest BCUT2D eigenvalue weighted by molar-refractivity contribution is -0.123. The van der Waals surface area contributed by atoms with Crippen molar-refractivity contribution in [3.63, 3.8) is 0 Å². The van der Waals surface area contributed by atoms with Gasteiger partial charge in [-0.05, 0) is 31.9 Å². The van der Waals surface area contributed by atoms with Gasteiger partial charge in [-0.25, -0.2) is 0 Å². The van der Waals surface area contributed by atoms with Crippen LogP contribution in [0.4, 0.5) is 0 Å². The van der Waals surface area contributed by atoms with Crippen molar-refractivity contribution in [2.45, 2.75) is 27.7 Å². The second-order valence-electron chi connectivity index (χ2n) is 5.04. The van der Waals surface area contributed by atoms with Gasteiger partial charge in [0, 0.05) is 6.54 Å². The Morgan fingerprint density at radius 3 is 2.58 bits per heavy atom. The largest absolute Gasteiger partial charge is 0.483 e. The molecule has 0 saturated carbocycles. The van der Waals surface area contributed by atoms with Crippen LogP contribution in [0.15, 0.2) is 18.2 Å². The maximum absolute atomic E-state index is 11.5. The number of rotatable bonds is 6. The minimum atomic E-state index is -0.177. The molecule has 0 unspecified atom stereocenters. The SMILES string of the molecule is CC(=O)c1cc(C)ccc1OCC(=O)NCC(C)C. The molecular weight excluding hydrogens is 242 g/mol. The zero-order valence-electron chi connectivity index (χ0n) is 11.9. The third-order valence-corrected chi connectivity index (χ3v) is 2.58. The highest BCUT2D eigenvalue weighted by atomic mass is 16.5. The van der Waals surface area contributed by atoms with Crippen LogP contribution in [0.3, 0.4) is 0 Å².